The summed E-state index contributed by atoms with van der Waals surface area (Å²) in [6.45, 7) is 1.77. The first-order chi connectivity index (χ1) is 8.69. The van der Waals surface area contributed by atoms with Gasteiger partial charge < -0.3 is 10.6 Å². The van der Waals surface area contributed by atoms with Crippen LogP contribution in [0.25, 0.3) is 0 Å². The molecule has 2 aliphatic rings. The van der Waals surface area contributed by atoms with Crippen LogP contribution < -0.4 is 5.73 Å². The second-order valence-corrected chi connectivity index (χ2v) is 6.46. The third kappa shape index (κ3) is 2.11. The molecule has 2 heterocycles. The van der Waals surface area contributed by atoms with E-state index >= 15 is 0 Å². The maximum Gasteiger partial charge on any atom is 0.273 e. The van der Waals surface area contributed by atoms with Crippen molar-refractivity contribution in [1.82, 2.24) is 9.88 Å². The molecule has 0 radical (unpaired) electrons. The maximum absolute atomic E-state index is 12.2. The van der Waals surface area contributed by atoms with E-state index in [4.69, 9.17) is 5.73 Å². The number of thiazole rings is 1. The fraction of sp³-hybridized carbons (Fsp3) is 0.692. The van der Waals surface area contributed by atoms with E-state index in [1.807, 2.05) is 4.90 Å². The molecule has 2 fully saturated rings. The maximum atomic E-state index is 12.2. The summed E-state index contributed by atoms with van der Waals surface area (Å²) in [6.07, 6.45) is 7.79. The summed E-state index contributed by atoms with van der Waals surface area (Å²) < 4.78 is 0. The van der Waals surface area contributed by atoms with Gasteiger partial charge in [-0.25, -0.2) is 4.98 Å². The van der Waals surface area contributed by atoms with Crippen LogP contribution in [0.1, 0.15) is 49.0 Å². The van der Waals surface area contributed by atoms with Crippen molar-refractivity contribution in [3.8, 4) is 0 Å². The zero-order valence-corrected chi connectivity index (χ0v) is 11.3. The average Bonchev–Trinajstić information content (AvgIpc) is 3.00. The minimum Gasteiger partial charge on any atom is -0.375 e. The van der Waals surface area contributed by atoms with Crippen LogP contribution in [0, 0.1) is 5.41 Å². The van der Waals surface area contributed by atoms with E-state index in [1.54, 1.807) is 5.38 Å². The van der Waals surface area contributed by atoms with Gasteiger partial charge in [0.1, 0.15) is 5.69 Å². The van der Waals surface area contributed by atoms with Crippen LogP contribution in [0.5, 0.6) is 0 Å². The number of hydrogen-bond donors (Lipinski definition) is 1. The molecule has 98 valence electrons. The number of nitrogens with two attached hydrogens (primary N) is 1. The molecule has 1 aliphatic carbocycles. The molecule has 2 N–H and O–H groups in total. The van der Waals surface area contributed by atoms with Crippen molar-refractivity contribution in [2.45, 2.75) is 38.5 Å². The molecule has 0 unspecified atom stereocenters. The topological polar surface area (TPSA) is 59.2 Å². The van der Waals surface area contributed by atoms with Crippen LogP contribution in [0.3, 0.4) is 0 Å². The Kier molecular flexibility index (Phi) is 3.01. The molecule has 1 spiro atoms. The van der Waals surface area contributed by atoms with Crippen LogP contribution in [0.4, 0.5) is 5.13 Å². The fourth-order valence-corrected chi connectivity index (χ4v) is 3.89. The molecule has 0 atom stereocenters. The number of anilines is 1. The summed E-state index contributed by atoms with van der Waals surface area (Å²) in [4.78, 5) is 18.3. The van der Waals surface area contributed by atoms with E-state index in [2.05, 4.69) is 4.98 Å². The summed E-state index contributed by atoms with van der Waals surface area (Å²) in [6, 6.07) is 0. The summed E-state index contributed by atoms with van der Waals surface area (Å²) in [5, 5.41) is 2.24. The molecular weight excluding hydrogens is 246 g/mol. The molecule has 0 bridgehead atoms. The zero-order valence-electron chi connectivity index (χ0n) is 10.5. The summed E-state index contributed by atoms with van der Waals surface area (Å²) >= 11 is 1.33. The Morgan fingerprint density at radius 3 is 2.50 bits per heavy atom. The highest BCUT2D eigenvalue weighted by Gasteiger charge is 2.38. The molecule has 1 aliphatic heterocycles. The first-order valence-electron chi connectivity index (χ1n) is 6.69. The monoisotopic (exact) mass is 265 g/mol. The molecule has 1 saturated heterocycles. The summed E-state index contributed by atoms with van der Waals surface area (Å²) in [5.41, 5.74) is 6.64. The number of amides is 1. The van der Waals surface area contributed by atoms with E-state index < -0.39 is 0 Å². The number of carbonyl (C=O) groups excluding carboxylic acids is 1. The standard InChI is InChI=1S/C13H19N3OS/c14-12-15-10(9-18-12)11(17)16-7-5-13(6-8-16)3-1-2-4-13/h9H,1-8H2,(H2,14,15). The highest BCUT2D eigenvalue weighted by Crippen LogP contribution is 2.46. The first kappa shape index (κ1) is 12.0. The van der Waals surface area contributed by atoms with Crippen molar-refractivity contribution in [3.05, 3.63) is 11.1 Å². The fourth-order valence-electron chi connectivity index (χ4n) is 3.36. The lowest BCUT2D eigenvalue weighted by atomic mass is 9.77. The largest absolute Gasteiger partial charge is 0.375 e. The Morgan fingerprint density at radius 2 is 1.94 bits per heavy atom. The highest BCUT2D eigenvalue weighted by molar-refractivity contribution is 7.13. The van der Waals surface area contributed by atoms with Crippen LogP contribution in [0.2, 0.25) is 0 Å². The second kappa shape index (κ2) is 4.53. The Balaban J connectivity index is 1.64. The molecule has 3 rings (SSSR count). The SMILES string of the molecule is Nc1nc(C(=O)N2CCC3(CCCC3)CC2)cs1. The molecule has 5 heteroatoms. The number of hydrogen-bond acceptors (Lipinski definition) is 4. The third-order valence-electron chi connectivity index (χ3n) is 4.52. The molecule has 4 nitrogen and oxygen atoms in total. The number of nitrogens with zero attached hydrogens (tertiary/aromatic N) is 2. The van der Waals surface area contributed by atoms with Gasteiger partial charge in [-0.2, -0.15) is 0 Å². The van der Waals surface area contributed by atoms with Crippen LogP contribution in [0.15, 0.2) is 5.38 Å². The van der Waals surface area contributed by atoms with E-state index in [-0.39, 0.29) is 5.91 Å². The predicted octanol–water partition coefficient (Wildman–Crippen LogP) is 2.52. The number of nitrogen functional groups attached to an aromatic ring is 1. The summed E-state index contributed by atoms with van der Waals surface area (Å²) in [7, 11) is 0. The minimum absolute atomic E-state index is 0.0517. The number of carbonyl (C=O) groups is 1. The van der Waals surface area contributed by atoms with Gasteiger partial charge >= 0.3 is 0 Å². The van der Waals surface area contributed by atoms with Gasteiger partial charge in [0, 0.05) is 18.5 Å². The van der Waals surface area contributed by atoms with E-state index in [1.165, 1.54) is 49.9 Å². The van der Waals surface area contributed by atoms with Crippen molar-refractivity contribution in [3.63, 3.8) is 0 Å². The lowest BCUT2D eigenvalue weighted by Crippen LogP contribution is -2.42. The van der Waals surface area contributed by atoms with Crippen molar-refractivity contribution >= 4 is 22.4 Å². The van der Waals surface area contributed by atoms with E-state index in [0.29, 0.717) is 16.2 Å². The van der Waals surface area contributed by atoms with Gasteiger partial charge in [-0.1, -0.05) is 12.8 Å². The van der Waals surface area contributed by atoms with E-state index in [9.17, 15) is 4.79 Å². The molecule has 0 aromatic carbocycles. The van der Waals surface area contributed by atoms with Gasteiger partial charge in [0.25, 0.3) is 5.91 Å². The zero-order chi connectivity index (χ0) is 12.6. The van der Waals surface area contributed by atoms with Crippen molar-refractivity contribution in [2.75, 3.05) is 18.8 Å². The minimum atomic E-state index is 0.0517. The lowest BCUT2D eigenvalue weighted by molar-refractivity contribution is 0.0583. The van der Waals surface area contributed by atoms with Crippen LogP contribution in [-0.4, -0.2) is 28.9 Å². The number of likely N-dealkylation sites (tertiary alicyclic amines) is 1. The normalized spacial score (nSPS) is 22.6. The predicted molar refractivity (Wildman–Crippen MR) is 72.6 cm³/mol. The molecular formula is C13H19N3OS. The number of aromatic nitrogens is 1. The molecule has 1 aromatic heterocycles. The Labute approximate surface area is 111 Å². The Morgan fingerprint density at radius 1 is 1.28 bits per heavy atom. The Hall–Kier alpha value is -1.10. The number of piperidine rings is 1. The van der Waals surface area contributed by atoms with Gasteiger partial charge in [0.05, 0.1) is 0 Å². The quantitative estimate of drug-likeness (QED) is 0.848. The van der Waals surface area contributed by atoms with Gasteiger partial charge in [-0.05, 0) is 31.1 Å². The van der Waals surface area contributed by atoms with Gasteiger partial charge in [-0.15, -0.1) is 11.3 Å². The average molecular weight is 265 g/mol. The molecule has 18 heavy (non-hydrogen) atoms. The molecule has 1 amide bonds. The van der Waals surface area contributed by atoms with Gasteiger partial charge in [-0.3, -0.25) is 4.79 Å². The highest BCUT2D eigenvalue weighted by atomic mass is 32.1. The van der Waals surface area contributed by atoms with Gasteiger partial charge in [0.2, 0.25) is 0 Å². The van der Waals surface area contributed by atoms with Gasteiger partial charge in [0.15, 0.2) is 5.13 Å². The second-order valence-electron chi connectivity index (χ2n) is 5.57. The van der Waals surface area contributed by atoms with Crippen molar-refractivity contribution < 1.29 is 4.79 Å². The van der Waals surface area contributed by atoms with E-state index in [0.717, 1.165) is 13.1 Å². The summed E-state index contributed by atoms with van der Waals surface area (Å²) in [5.74, 6) is 0.0517. The Bertz CT molecular complexity index is 441. The van der Waals surface area contributed by atoms with Crippen molar-refractivity contribution in [2.24, 2.45) is 5.41 Å². The van der Waals surface area contributed by atoms with Crippen LogP contribution >= 0.6 is 11.3 Å². The lowest BCUT2D eigenvalue weighted by Gasteiger charge is -2.39. The van der Waals surface area contributed by atoms with Crippen LogP contribution in [-0.2, 0) is 0 Å². The third-order valence-corrected chi connectivity index (χ3v) is 5.19. The molecule has 1 aromatic rings. The molecule has 1 saturated carbocycles. The number of rotatable bonds is 1. The smallest absolute Gasteiger partial charge is 0.273 e. The first-order valence-corrected chi connectivity index (χ1v) is 7.57. The van der Waals surface area contributed by atoms with Crippen molar-refractivity contribution in [1.29, 1.82) is 0 Å².